The van der Waals surface area contributed by atoms with Gasteiger partial charge in [0, 0.05) is 17.8 Å². The van der Waals surface area contributed by atoms with Gasteiger partial charge in [0.2, 0.25) is 0 Å². The monoisotopic (exact) mass is 237 g/mol. The van der Waals surface area contributed by atoms with Crippen molar-refractivity contribution in [2.45, 2.75) is 13.8 Å². The van der Waals surface area contributed by atoms with Gasteiger partial charge in [-0.25, -0.2) is 0 Å². The average molecular weight is 237 g/mol. The predicted octanol–water partition coefficient (Wildman–Crippen LogP) is 3.31. The average Bonchev–Trinajstić information content (AvgIpc) is 2.35. The van der Waals surface area contributed by atoms with E-state index in [0.29, 0.717) is 0 Å². The summed E-state index contributed by atoms with van der Waals surface area (Å²) in [5, 5.41) is 2.99. The van der Waals surface area contributed by atoms with Crippen LogP contribution in [0.5, 0.6) is 0 Å². The first-order valence-electron chi connectivity index (χ1n) is 6.08. The number of aromatic nitrogens is 1. The zero-order valence-electron chi connectivity index (χ0n) is 10.8. The molecule has 0 saturated carbocycles. The molecule has 2 aromatic carbocycles. The van der Waals surface area contributed by atoms with Crippen LogP contribution in [0.2, 0.25) is 0 Å². The van der Waals surface area contributed by atoms with E-state index >= 15 is 0 Å². The van der Waals surface area contributed by atoms with Gasteiger partial charge in [0.25, 0.3) is 5.56 Å². The highest BCUT2D eigenvalue weighted by Gasteiger charge is 2.10. The number of hydrogen-bond donors (Lipinski definition) is 0. The second kappa shape index (κ2) is 3.70. The van der Waals surface area contributed by atoms with E-state index in [0.717, 1.165) is 27.2 Å². The lowest BCUT2D eigenvalue weighted by Crippen LogP contribution is -2.18. The third-order valence-electron chi connectivity index (χ3n) is 3.53. The van der Waals surface area contributed by atoms with Crippen molar-refractivity contribution < 1.29 is 0 Å². The Labute approximate surface area is 105 Å². The summed E-state index contributed by atoms with van der Waals surface area (Å²) >= 11 is 0. The minimum atomic E-state index is 0.0741. The third kappa shape index (κ3) is 1.39. The van der Waals surface area contributed by atoms with Crippen molar-refractivity contribution in [2.24, 2.45) is 7.05 Å². The van der Waals surface area contributed by atoms with Crippen LogP contribution >= 0.6 is 0 Å². The highest BCUT2D eigenvalue weighted by atomic mass is 16.1. The molecule has 0 bridgehead atoms. The summed E-state index contributed by atoms with van der Waals surface area (Å²) in [4.78, 5) is 12.3. The molecule has 0 saturated heterocycles. The van der Waals surface area contributed by atoms with E-state index in [2.05, 4.69) is 26.0 Å². The van der Waals surface area contributed by atoms with E-state index in [1.165, 1.54) is 5.56 Å². The van der Waals surface area contributed by atoms with Crippen molar-refractivity contribution >= 4 is 21.7 Å². The van der Waals surface area contributed by atoms with Gasteiger partial charge in [-0.15, -0.1) is 0 Å². The molecule has 0 aliphatic heterocycles. The van der Waals surface area contributed by atoms with Crippen LogP contribution in [0.25, 0.3) is 21.7 Å². The van der Waals surface area contributed by atoms with Gasteiger partial charge in [-0.1, -0.05) is 29.8 Å². The Morgan fingerprint density at radius 2 is 1.61 bits per heavy atom. The van der Waals surface area contributed by atoms with Crippen LogP contribution in [-0.2, 0) is 7.05 Å². The summed E-state index contributed by atoms with van der Waals surface area (Å²) in [5.41, 5.74) is 3.48. The van der Waals surface area contributed by atoms with E-state index in [1.807, 2.05) is 31.3 Å². The first-order valence-corrected chi connectivity index (χ1v) is 6.08. The van der Waals surface area contributed by atoms with E-state index in [1.54, 1.807) is 4.57 Å². The molecule has 0 aliphatic carbocycles. The van der Waals surface area contributed by atoms with Crippen LogP contribution in [0.4, 0.5) is 0 Å². The minimum absolute atomic E-state index is 0.0741. The molecule has 1 aromatic heterocycles. The van der Waals surface area contributed by atoms with Crippen LogP contribution in [-0.4, -0.2) is 4.57 Å². The molecule has 0 radical (unpaired) electrons. The topological polar surface area (TPSA) is 22.0 Å². The summed E-state index contributed by atoms with van der Waals surface area (Å²) in [7, 11) is 1.85. The maximum Gasteiger partial charge on any atom is 0.258 e. The Balaban J connectivity index is 2.74. The molecule has 3 rings (SSSR count). The van der Waals surface area contributed by atoms with Gasteiger partial charge in [-0.05, 0) is 36.9 Å². The lowest BCUT2D eigenvalue weighted by atomic mass is 10.0. The Morgan fingerprint density at radius 3 is 2.33 bits per heavy atom. The number of hydrogen-bond acceptors (Lipinski definition) is 1. The van der Waals surface area contributed by atoms with E-state index in [-0.39, 0.29) is 5.56 Å². The summed E-state index contributed by atoms with van der Waals surface area (Å²) < 4.78 is 1.76. The number of benzene rings is 2. The van der Waals surface area contributed by atoms with Gasteiger partial charge in [0.15, 0.2) is 0 Å². The molecule has 3 aromatic rings. The van der Waals surface area contributed by atoms with Crippen molar-refractivity contribution in [1.29, 1.82) is 0 Å². The number of fused-ring (bicyclic) bond motifs is 3. The first-order chi connectivity index (χ1) is 8.59. The van der Waals surface area contributed by atoms with Gasteiger partial charge < -0.3 is 4.57 Å². The molecule has 18 heavy (non-hydrogen) atoms. The number of nitrogens with zero attached hydrogens (tertiary/aromatic N) is 1. The number of rotatable bonds is 0. The van der Waals surface area contributed by atoms with Crippen molar-refractivity contribution in [3.05, 3.63) is 57.9 Å². The second-order valence-corrected chi connectivity index (χ2v) is 4.89. The molecule has 2 heteroatoms. The SMILES string of the molecule is Cc1cc(C)c2c(c1)c1ccccc1c(=O)n2C. The number of pyridine rings is 1. The highest BCUT2D eigenvalue weighted by Crippen LogP contribution is 2.25. The number of aryl methyl sites for hydroxylation is 3. The van der Waals surface area contributed by atoms with Gasteiger partial charge in [0.05, 0.1) is 5.52 Å². The molecule has 0 atom stereocenters. The van der Waals surface area contributed by atoms with Crippen LogP contribution in [0, 0.1) is 13.8 Å². The van der Waals surface area contributed by atoms with Crippen LogP contribution in [0.3, 0.4) is 0 Å². The fourth-order valence-electron chi connectivity index (χ4n) is 2.80. The van der Waals surface area contributed by atoms with Crippen molar-refractivity contribution in [3.8, 4) is 0 Å². The van der Waals surface area contributed by atoms with Gasteiger partial charge >= 0.3 is 0 Å². The molecule has 0 fully saturated rings. The second-order valence-electron chi connectivity index (χ2n) is 4.89. The quantitative estimate of drug-likeness (QED) is 0.550. The molecule has 0 amide bonds. The van der Waals surface area contributed by atoms with E-state index < -0.39 is 0 Å². The van der Waals surface area contributed by atoms with Crippen molar-refractivity contribution in [1.82, 2.24) is 4.57 Å². The fraction of sp³-hybridized carbons (Fsp3) is 0.188. The molecular weight excluding hydrogens is 222 g/mol. The fourth-order valence-corrected chi connectivity index (χ4v) is 2.80. The molecule has 0 N–H and O–H groups in total. The standard InChI is InChI=1S/C16H15NO/c1-10-8-11(2)15-14(9-10)12-6-4-5-7-13(12)16(18)17(15)3/h4-9H,1-3H3. The molecule has 90 valence electrons. The molecular formula is C16H15NO. The Hall–Kier alpha value is -2.09. The van der Waals surface area contributed by atoms with Crippen LogP contribution < -0.4 is 5.56 Å². The zero-order chi connectivity index (χ0) is 12.9. The van der Waals surface area contributed by atoms with Gasteiger partial charge in [0.1, 0.15) is 0 Å². The molecule has 0 unspecified atom stereocenters. The van der Waals surface area contributed by atoms with E-state index in [9.17, 15) is 4.79 Å². The maximum atomic E-state index is 12.3. The van der Waals surface area contributed by atoms with Crippen LogP contribution in [0.1, 0.15) is 11.1 Å². The largest absolute Gasteiger partial charge is 0.311 e. The minimum Gasteiger partial charge on any atom is -0.311 e. The Morgan fingerprint density at radius 1 is 0.944 bits per heavy atom. The molecule has 1 heterocycles. The lowest BCUT2D eigenvalue weighted by Gasteiger charge is -2.12. The highest BCUT2D eigenvalue weighted by molar-refractivity contribution is 6.06. The normalized spacial score (nSPS) is 11.3. The maximum absolute atomic E-state index is 12.3. The van der Waals surface area contributed by atoms with Crippen LogP contribution in [0.15, 0.2) is 41.2 Å². The molecule has 2 nitrogen and oxygen atoms in total. The van der Waals surface area contributed by atoms with E-state index in [4.69, 9.17) is 0 Å². The van der Waals surface area contributed by atoms with Crippen molar-refractivity contribution in [2.75, 3.05) is 0 Å². The van der Waals surface area contributed by atoms with Gasteiger partial charge in [-0.2, -0.15) is 0 Å². The predicted molar refractivity (Wildman–Crippen MR) is 76.2 cm³/mol. The zero-order valence-corrected chi connectivity index (χ0v) is 10.8. The summed E-state index contributed by atoms with van der Waals surface area (Å²) in [5.74, 6) is 0. The Bertz CT molecular complexity index is 828. The lowest BCUT2D eigenvalue weighted by molar-refractivity contribution is 0.913. The summed E-state index contributed by atoms with van der Waals surface area (Å²) in [6.45, 7) is 4.15. The van der Waals surface area contributed by atoms with Gasteiger partial charge in [-0.3, -0.25) is 4.79 Å². The van der Waals surface area contributed by atoms with Crippen molar-refractivity contribution in [3.63, 3.8) is 0 Å². The third-order valence-corrected chi connectivity index (χ3v) is 3.53. The summed E-state index contributed by atoms with van der Waals surface area (Å²) in [6, 6.07) is 12.1. The summed E-state index contributed by atoms with van der Waals surface area (Å²) in [6.07, 6.45) is 0. The molecule has 0 aliphatic rings. The Kier molecular flexibility index (Phi) is 2.27. The molecule has 0 spiro atoms. The smallest absolute Gasteiger partial charge is 0.258 e. The first kappa shape index (κ1) is 11.0.